The van der Waals surface area contributed by atoms with E-state index in [2.05, 4.69) is 25.2 Å². The first kappa shape index (κ1) is 22.9. The van der Waals surface area contributed by atoms with Crippen molar-refractivity contribution in [1.29, 1.82) is 0 Å². The summed E-state index contributed by atoms with van der Waals surface area (Å²) >= 11 is 1.41. The average molecular weight is 496 g/mol. The molecule has 3 heterocycles. The highest BCUT2D eigenvalue weighted by Crippen LogP contribution is 2.35. The molecule has 0 aliphatic carbocycles. The second kappa shape index (κ2) is 9.80. The number of ether oxygens (including phenoxy) is 2. The summed E-state index contributed by atoms with van der Waals surface area (Å²) in [5, 5.41) is 5.87. The van der Waals surface area contributed by atoms with Gasteiger partial charge in [0.2, 0.25) is 5.69 Å². The molecule has 35 heavy (non-hydrogen) atoms. The van der Waals surface area contributed by atoms with Crippen molar-refractivity contribution in [2.24, 2.45) is 0 Å². The Morgan fingerprint density at radius 1 is 1.23 bits per heavy atom. The van der Waals surface area contributed by atoms with Gasteiger partial charge in [0.15, 0.2) is 5.13 Å². The van der Waals surface area contributed by atoms with Crippen LogP contribution in [0.4, 0.5) is 20.9 Å². The second-order valence-corrected chi connectivity index (χ2v) is 8.65. The molecule has 0 unspecified atom stereocenters. The number of carbonyl (C=O) groups excluding carboxylic acids is 1. The number of fused-ring (bicyclic) bond motifs is 1. The van der Waals surface area contributed by atoms with E-state index >= 15 is 0 Å². The Balaban J connectivity index is 1.54. The lowest BCUT2D eigenvalue weighted by Crippen LogP contribution is -2.36. The zero-order valence-corrected chi connectivity index (χ0v) is 19.7. The van der Waals surface area contributed by atoms with Crippen molar-refractivity contribution < 1.29 is 18.7 Å². The number of nitrogens with one attached hydrogen (secondary N) is 2. The lowest BCUT2D eigenvalue weighted by molar-refractivity contribution is 0.0517. The Bertz CT molecular complexity index is 1430. The smallest absolute Gasteiger partial charge is 0.362 e. The molecule has 5 rings (SSSR count). The molecule has 0 saturated carbocycles. The summed E-state index contributed by atoms with van der Waals surface area (Å²) in [6.45, 7) is 4.32. The Morgan fingerprint density at radius 2 is 2.00 bits per heavy atom. The van der Waals surface area contributed by atoms with E-state index in [4.69, 9.17) is 9.47 Å². The van der Waals surface area contributed by atoms with Crippen LogP contribution in [0.1, 0.15) is 17.4 Å². The number of nitrogens with zero attached hydrogens (tertiary/aromatic N) is 3. The third-order valence-corrected chi connectivity index (χ3v) is 6.27. The van der Waals surface area contributed by atoms with Crippen molar-refractivity contribution in [3.8, 4) is 11.3 Å². The molecule has 0 atom stereocenters. The maximum Gasteiger partial charge on any atom is 0.362 e. The molecule has 1 saturated heterocycles. The first-order valence-corrected chi connectivity index (χ1v) is 12.0. The number of benzene rings is 2. The number of carbonyl (C=O) groups is 1. The van der Waals surface area contributed by atoms with Gasteiger partial charge >= 0.3 is 5.97 Å². The molecule has 180 valence electrons. The second-order valence-electron chi connectivity index (χ2n) is 7.79. The van der Waals surface area contributed by atoms with Gasteiger partial charge in [0.1, 0.15) is 5.82 Å². The monoisotopic (exact) mass is 495 g/mol. The van der Waals surface area contributed by atoms with Crippen LogP contribution < -0.4 is 15.8 Å². The van der Waals surface area contributed by atoms with Crippen molar-refractivity contribution in [2.45, 2.75) is 6.92 Å². The molecule has 2 aromatic carbocycles. The van der Waals surface area contributed by atoms with Crippen LogP contribution in [0.5, 0.6) is 0 Å². The van der Waals surface area contributed by atoms with Gasteiger partial charge in [0.25, 0.3) is 5.56 Å². The minimum absolute atomic E-state index is 0.146. The maximum absolute atomic E-state index is 13.3. The van der Waals surface area contributed by atoms with E-state index in [1.165, 1.54) is 23.5 Å². The predicted octanol–water partition coefficient (Wildman–Crippen LogP) is 3.94. The zero-order valence-electron chi connectivity index (χ0n) is 18.8. The van der Waals surface area contributed by atoms with Crippen LogP contribution in [0, 0.1) is 5.82 Å². The van der Waals surface area contributed by atoms with Crippen molar-refractivity contribution >= 4 is 44.8 Å². The van der Waals surface area contributed by atoms with Gasteiger partial charge in [0, 0.05) is 24.0 Å². The Labute approximate surface area is 203 Å². The zero-order chi connectivity index (χ0) is 24.4. The highest BCUT2D eigenvalue weighted by molar-refractivity contribution is 7.14. The molecule has 2 N–H and O–H groups in total. The largest absolute Gasteiger partial charge is 0.461 e. The van der Waals surface area contributed by atoms with Crippen LogP contribution in [0.15, 0.2) is 46.6 Å². The summed E-state index contributed by atoms with van der Waals surface area (Å²) < 4.78 is 23.7. The number of thiazole rings is 1. The van der Waals surface area contributed by atoms with Gasteiger partial charge < -0.3 is 24.7 Å². The van der Waals surface area contributed by atoms with Crippen LogP contribution in [-0.2, 0) is 9.47 Å². The maximum atomic E-state index is 13.3. The van der Waals surface area contributed by atoms with E-state index in [1.54, 1.807) is 25.1 Å². The molecular formula is C24H22FN5O4S. The standard InChI is InChI=1S/C24H22FN5O4S/c1-2-34-23(32)21-22(31)27-16-11-18(20(12-17(16)26-21)30-7-9-33-10-8-30)28-24-29-19(13-35-24)14-3-5-15(25)6-4-14/h3-6,11-13H,2,7-10H2,1H3,(H,27,31)(H,28,29). The number of esters is 1. The average Bonchev–Trinajstić information content (AvgIpc) is 3.33. The van der Waals surface area contributed by atoms with Crippen LogP contribution in [-0.4, -0.2) is 53.8 Å². The first-order chi connectivity index (χ1) is 17.0. The number of hydrogen-bond acceptors (Lipinski definition) is 9. The molecule has 0 amide bonds. The Kier molecular flexibility index (Phi) is 6.43. The van der Waals surface area contributed by atoms with E-state index in [1.807, 2.05) is 11.4 Å². The summed E-state index contributed by atoms with van der Waals surface area (Å²) in [7, 11) is 0. The van der Waals surface area contributed by atoms with E-state index < -0.39 is 11.5 Å². The number of aromatic nitrogens is 3. The van der Waals surface area contributed by atoms with Crippen LogP contribution in [0.25, 0.3) is 22.3 Å². The van der Waals surface area contributed by atoms with Crippen molar-refractivity contribution in [3.63, 3.8) is 0 Å². The summed E-state index contributed by atoms with van der Waals surface area (Å²) in [5.41, 5.74) is 3.13. The topological polar surface area (TPSA) is 109 Å². The van der Waals surface area contributed by atoms with Crippen molar-refractivity contribution in [3.05, 3.63) is 63.6 Å². The lowest BCUT2D eigenvalue weighted by atomic mass is 10.2. The van der Waals surface area contributed by atoms with Crippen LogP contribution in [0.2, 0.25) is 0 Å². The number of rotatable bonds is 6. The van der Waals surface area contributed by atoms with E-state index in [9.17, 15) is 14.0 Å². The Hall–Kier alpha value is -3.83. The van der Waals surface area contributed by atoms with Gasteiger partial charge in [-0.1, -0.05) is 0 Å². The quantitative estimate of drug-likeness (QED) is 0.387. The van der Waals surface area contributed by atoms with Crippen molar-refractivity contribution in [2.75, 3.05) is 43.1 Å². The van der Waals surface area contributed by atoms with E-state index in [0.717, 1.165) is 22.6 Å². The number of H-pyrrole nitrogens is 1. The fraction of sp³-hybridized carbons (Fsp3) is 0.250. The number of aromatic amines is 1. The van der Waals surface area contributed by atoms with Gasteiger partial charge in [-0.3, -0.25) is 4.79 Å². The SMILES string of the molecule is CCOC(=O)c1nc2cc(N3CCOCC3)c(Nc3nc(-c4ccc(F)cc4)cs3)cc2[nH]c1=O. The summed E-state index contributed by atoms with van der Waals surface area (Å²) in [5.74, 6) is -1.07. The van der Waals surface area contributed by atoms with Gasteiger partial charge in [-0.25, -0.2) is 19.2 Å². The first-order valence-electron chi connectivity index (χ1n) is 11.1. The molecule has 0 radical (unpaired) electrons. The molecule has 0 bridgehead atoms. The number of hydrogen-bond donors (Lipinski definition) is 2. The molecule has 1 aliphatic rings. The molecule has 1 aliphatic heterocycles. The normalized spacial score (nSPS) is 13.7. The fourth-order valence-corrected chi connectivity index (χ4v) is 4.56. The predicted molar refractivity (Wildman–Crippen MR) is 132 cm³/mol. The molecule has 11 heteroatoms. The van der Waals surface area contributed by atoms with Gasteiger partial charge in [-0.2, -0.15) is 0 Å². The van der Waals surface area contributed by atoms with Crippen LogP contribution in [0.3, 0.4) is 0 Å². The lowest BCUT2D eigenvalue weighted by Gasteiger charge is -2.30. The van der Waals surface area contributed by atoms with Crippen LogP contribution >= 0.6 is 11.3 Å². The Morgan fingerprint density at radius 3 is 2.74 bits per heavy atom. The van der Waals surface area contributed by atoms with E-state index in [0.29, 0.717) is 42.5 Å². The summed E-state index contributed by atoms with van der Waals surface area (Å²) in [6.07, 6.45) is 0. The summed E-state index contributed by atoms with van der Waals surface area (Å²) in [6, 6.07) is 9.77. The highest BCUT2D eigenvalue weighted by atomic mass is 32.1. The number of halogens is 1. The van der Waals surface area contributed by atoms with Crippen molar-refractivity contribution in [1.82, 2.24) is 15.0 Å². The minimum Gasteiger partial charge on any atom is -0.461 e. The molecule has 9 nitrogen and oxygen atoms in total. The summed E-state index contributed by atoms with van der Waals surface area (Å²) in [4.78, 5) is 38.5. The molecular weight excluding hydrogens is 473 g/mol. The fourth-order valence-electron chi connectivity index (χ4n) is 3.83. The number of morpholine rings is 1. The molecule has 1 fully saturated rings. The minimum atomic E-state index is -0.762. The third kappa shape index (κ3) is 4.86. The van der Waals surface area contributed by atoms with Gasteiger partial charge in [0.05, 0.1) is 47.9 Å². The molecule has 0 spiro atoms. The number of anilines is 3. The van der Waals surface area contributed by atoms with Gasteiger partial charge in [-0.05, 0) is 43.3 Å². The molecule has 2 aromatic heterocycles. The van der Waals surface area contributed by atoms with Gasteiger partial charge in [-0.15, -0.1) is 11.3 Å². The molecule has 4 aromatic rings. The highest BCUT2D eigenvalue weighted by Gasteiger charge is 2.20. The third-order valence-electron chi connectivity index (χ3n) is 5.52. The van der Waals surface area contributed by atoms with E-state index in [-0.39, 0.29) is 18.1 Å².